The molecular weight excluding hydrogens is 402 g/mol. The molecule has 0 aliphatic heterocycles. The zero-order chi connectivity index (χ0) is 23.3. The van der Waals surface area contributed by atoms with Crippen molar-refractivity contribution in [1.29, 1.82) is 0 Å². The predicted molar refractivity (Wildman–Crippen MR) is 129 cm³/mol. The van der Waals surface area contributed by atoms with Crippen LogP contribution in [0.25, 0.3) is 10.9 Å². The van der Waals surface area contributed by atoms with Crippen molar-refractivity contribution in [3.05, 3.63) is 64.3 Å². The van der Waals surface area contributed by atoms with Crippen LogP contribution in [0.4, 0.5) is 0 Å². The Morgan fingerprint density at radius 1 is 1.19 bits per heavy atom. The molecule has 0 unspecified atom stereocenters. The SMILES string of the molecule is Cc1cc(C)c(OCCN[C@H](C)Cc2cc(C(N)=O)c3c(ccn3CCCO)c2)c(C)c1. The number of aliphatic hydroxyl groups excluding tert-OH is 1. The smallest absolute Gasteiger partial charge is 0.250 e. The first kappa shape index (κ1) is 23.8. The molecule has 172 valence electrons. The summed E-state index contributed by atoms with van der Waals surface area (Å²) in [4.78, 5) is 12.1. The fourth-order valence-electron chi connectivity index (χ4n) is 4.42. The molecule has 1 heterocycles. The van der Waals surface area contributed by atoms with E-state index in [9.17, 15) is 4.79 Å². The molecule has 1 atom stereocenters. The van der Waals surface area contributed by atoms with Crippen molar-refractivity contribution in [3.8, 4) is 5.75 Å². The summed E-state index contributed by atoms with van der Waals surface area (Å²) in [5.41, 5.74) is 11.7. The van der Waals surface area contributed by atoms with E-state index in [1.807, 2.05) is 22.9 Å². The Morgan fingerprint density at radius 2 is 1.91 bits per heavy atom. The van der Waals surface area contributed by atoms with Gasteiger partial charge in [-0.1, -0.05) is 17.7 Å². The highest BCUT2D eigenvalue weighted by molar-refractivity contribution is 6.05. The third-order valence-electron chi connectivity index (χ3n) is 5.73. The normalized spacial score (nSPS) is 12.3. The fourth-order valence-corrected chi connectivity index (χ4v) is 4.42. The number of nitrogens with two attached hydrogens (primary N) is 1. The molecule has 0 spiro atoms. The van der Waals surface area contributed by atoms with Crippen LogP contribution in [0.1, 0.15) is 46.0 Å². The number of rotatable bonds is 11. The average Bonchev–Trinajstić information content (AvgIpc) is 3.13. The number of carbonyl (C=O) groups is 1. The molecule has 0 saturated carbocycles. The molecule has 32 heavy (non-hydrogen) atoms. The average molecular weight is 438 g/mol. The first-order chi connectivity index (χ1) is 15.3. The molecule has 1 aromatic heterocycles. The number of aryl methyl sites for hydroxylation is 4. The van der Waals surface area contributed by atoms with Crippen LogP contribution in [-0.4, -0.2) is 41.4 Å². The molecule has 1 amide bonds. The van der Waals surface area contributed by atoms with E-state index in [2.05, 4.69) is 51.2 Å². The van der Waals surface area contributed by atoms with Crippen molar-refractivity contribution in [3.63, 3.8) is 0 Å². The molecule has 2 aromatic carbocycles. The van der Waals surface area contributed by atoms with Crippen molar-refractivity contribution >= 4 is 16.8 Å². The maximum atomic E-state index is 12.1. The lowest BCUT2D eigenvalue weighted by molar-refractivity contribution is 0.100. The number of fused-ring (bicyclic) bond motifs is 1. The zero-order valence-electron chi connectivity index (χ0n) is 19.6. The van der Waals surface area contributed by atoms with Crippen LogP contribution in [0.15, 0.2) is 36.5 Å². The lowest BCUT2D eigenvalue weighted by Crippen LogP contribution is -2.32. The quantitative estimate of drug-likeness (QED) is 0.400. The minimum atomic E-state index is -0.432. The molecule has 0 aliphatic rings. The van der Waals surface area contributed by atoms with Crippen LogP contribution < -0.4 is 15.8 Å². The van der Waals surface area contributed by atoms with Crippen LogP contribution in [0, 0.1) is 20.8 Å². The van der Waals surface area contributed by atoms with Crippen LogP contribution in [-0.2, 0) is 13.0 Å². The van der Waals surface area contributed by atoms with E-state index in [4.69, 9.17) is 15.6 Å². The summed E-state index contributed by atoms with van der Waals surface area (Å²) in [7, 11) is 0. The highest BCUT2D eigenvalue weighted by atomic mass is 16.5. The van der Waals surface area contributed by atoms with Crippen LogP contribution in [0.3, 0.4) is 0 Å². The van der Waals surface area contributed by atoms with E-state index in [0.29, 0.717) is 25.1 Å². The summed E-state index contributed by atoms with van der Waals surface area (Å²) in [6.07, 6.45) is 3.36. The number of nitrogens with one attached hydrogen (secondary N) is 1. The van der Waals surface area contributed by atoms with E-state index in [1.165, 1.54) is 5.56 Å². The topological polar surface area (TPSA) is 89.5 Å². The number of carbonyl (C=O) groups excluding carboxylic acids is 1. The van der Waals surface area contributed by atoms with Gasteiger partial charge in [0, 0.05) is 37.3 Å². The molecule has 0 saturated heterocycles. The molecule has 6 nitrogen and oxygen atoms in total. The molecule has 0 radical (unpaired) electrons. The summed E-state index contributed by atoms with van der Waals surface area (Å²) in [5, 5.41) is 13.6. The molecule has 6 heteroatoms. The highest BCUT2D eigenvalue weighted by Gasteiger charge is 2.14. The standard InChI is InChI=1S/C26H35N3O3/c1-17-12-18(2)25(19(3)13-17)32-11-7-28-20(4)14-21-15-22-6-9-29(8-5-10-30)24(22)23(16-21)26(27)31/h6,9,12-13,15-16,20,28,30H,5,7-8,10-11,14H2,1-4H3,(H2,27,31)/t20-/m1/s1. The van der Waals surface area contributed by atoms with Crippen LogP contribution in [0.5, 0.6) is 5.75 Å². The van der Waals surface area contributed by atoms with Crippen molar-refractivity contribution in [1.82, 2.24) is 9.88 Å². The van der Waals surface area contributed by atoms with Gasteiger partial charge in [-0.2, -0.15) is 0 Å². The summed E-state index contributed by atoms with van der Waals surface area (Å²) in [6.45, 7) is 10.5. The second kappa shape index (κ2) is 10.7. The molecule has 3 aromatic rings. The number of amides is 1. The molecular formula is C26H35N3O3. The van der Waals surface area contributed by atoms with Crippen molar-refractivity contribution in [2.24, 2.45) is 5.73 Å². The van der Waals surface area contributed by atoms with Gasteiger partial charge in [-0.05, 0) is 75.4 Å². The van der Waals surface area contributed by atoms with Crippen molar-refractivity contribution < 1.29 is 14.6 Å². The van der Waals surface area contributed by atoms with Gasteiger partial charge in [-0.25, -0.2) is 0 Å². The number of benzene rings is 2. The van der Waals surface area contributed by atoms with Gasteiger partial charge in [0.25, 0.3) is 5.91 Å². The largest absolute Gasteiger partial charge is 0.492 e. The predicted octanol–water partition coefficient (Wildman–Crippen LogP) is 3.65. The van der Waals surface area contributed by atoms with Gasteiger partial charge >= 0.3 is 0 Å². The third kappa shape index (κ3) is 5.69. The maximum Gasteiger partial charge on any atom is 0.250 e. The maximum absolute atomic E-state index is 12.1. The number of aromatic nitrogens is 1. The second-order valence-corrected chi connectivity index (χ2v) is 8.67. The summed E-state index contributed by atoms with van der Waals surface area (Å²) in [5.74, 6) is 0.533. The van der Waals surface area contributed by atoms with Crippen LogP contribution in [0.2, 0.25) is 0 Å². The van der Waals surface area contributed by atoms with Gasteiger partial charge in [0.2, 0.25) is 0 Å². The summed E-state index contributed by atoms with van der Waals surface area (Å²) in [6, 6.07) is 10.5. The van der Waals surface area contributed by atoms with E-state index in [1.54, 1.807) is 0 Å². The Balaban J connectivity index is 1.62. The third-order valence-corrected chi connectivity index (χ3v) is 5.73. The van der Waals surface area contributed by atoms with E-state index >= 15 is 0 Å². The van der Waals surface area contributed by atoms with Gasteiger partial charge in [0.15, 0.2) is 0 Å². The number of hydrogen-bond donors (Lipinski definition) is 3. The monoisotopic (exact) mass is 437 g/mol. The molecule has 0 fully saturated rings. The molecule has 0 aliphatic carbocycles. The first-order valence-corrected chi connectivity index (χ1v) is 11.3. The zero-order valence-corrected chi connectivity index (χ0v) is 19.6. The molecule has 0 bridgehead atoms. The number of aliphatic hydroxyl groups is 1. The van der Waals surface area contributed by atoms with E-state index in [0.717, 1.165) is 46.3 Å². The Bertz CT molecular complexity index is 1060. The molecule has 3 rings (SSSR count). The van der Waals surface area contributed by atoms with Crippen molar-refractivity contribution in [2.45, 2.75) is 53.1 Å². The Kier molecular flexibility index (Phi) is 7.94. The number of hydrogen-bond acceptors (Lipinski definition) is 4. The minimum Gasteiger partial charge on any atom is -0.492 e. The number of nitrogens with zero attached hydrogens (tertiary/aromatic N) is 1. The minimum absolute atomic E-state index is 0.111. The number of ether oxygens (including phenoxy) is 1. The first-order valence-electron chi connectivity index (χ1n) is 11.3. The Labute approximate surface area is 190 Å². The fraction of sp³-hybridized carbons (Fsp3) is 0.423. The Morgan fingerprint density at radius 3 is 2.56 bits per heavy atom. The van der Waals surface area contributed by atoms with Gasteiger partial charge in [-0.3, -0.25) is 4.79 Å². The number of primary amides is 1. The van der Waals surface area contributed by atoms with Gasteiger partial charge in [-0.15, -0.1) is 0 Å². The van der Waals surface area contributed by atoms with Gasteiger partial charge in [0.05, 0.1) is 11.1 Å². The highest BCUT2D eigenvalue weighted by Crippen LogP contribution is 2.25. The second-order valence-electron chi connectivity index (χ2n) is 8.67. The Hall–Kier alpha value is -2.83. The lowest BCUT2D eigenvalue weighted by Gasteiger charge is -2.17. The van der Waals surface area contributed by atoms with Crippen LogP contribution >= 0.6 is 0 Å². The van der Waals surface area contributed by atoms with E-state index < -0.39 is 5.91 Å². The molecule has 4 N–H and O–H groups in total. The summed E-state index contributed by atoms with van der Waals surface area (Å²) >= 11 is 0. The van der Waals surface area contributed by atoms with Crippen molar-refractivity contribution in [2.75, 3.05) is 19.8 Å². The summed E-state index contributed by atoms with van der Waals surface area (Å²) < 4.78 is 8.01. The van der Waals surface area contributed by atoms with E-state index in [-0.39, 0.29) is 12.6 Å². The lowest BCUT2D eigenvalue weighted by atomic mass is 10.0. The van der Waals surface area contributed by atoms with Gasteiger partial charge < -0.3 is 25.5 Å². The van der Waals surface area contributed by atoms with Gasteiger partial charge in [0.1, 0.15) is 12.4 Å².